The van der Waals surface area contributed by atoms with E-state index in [1.54, 1.807) is 24.3 Å². The average Bonchev–Trinajstić information content (AvgIpc) is 2.33. The Hall–Kier alpha value is -2.43. The highest BCUT2D eigenvalue weighted by Crippen LogP contribution is 2.20. The van der Waals surface area contributed by atoms with Gasteiger partial charge in [0.2, 0.25) is 5.95 Å². The van der Waals surface area contributed by atoms with Crippen LogP contribution in [0.3, 0.4) is 0 Å². The van der Waals surface area contributed by atoms with E-state index in [0.717, 1.165) is 0 Å². The third kappa shape index (κ3) is 2.78. The van der Waals surface area contributed by atoms with Crippen LogP contribution in [0.2, 0.25) is 0 Å². The summed E-state index contributed by atoms with van der Waals surface area (Å²) >= 11 is 0. The lowest BCUT2D eigenvalue weighted by Crippen LogP contribution is -1.95. The highest BCUT2D eigenvalue weighted by atomic mass is 16.5. The molecule has 0 radical (unpaired) electrons. The van der Waals surface area contributed by atoms with Gasteiger partial charge in [-0.15, -0.1) is 0 Å². The number of nitrogens with two attached hydrogens (primary N) is 1. The second-order valence-corrected chi connectivity index (χ2v) is 3.46. The zero-order valence-corrected chi connectivity index (χ0v) is 9.25. The van der Waals surface area contributed by atoms with Crippen molar-refractivity contribution >= 4 is 11.7 Å². The Kier molecular flexibility index (Phi) is 3.00. The molecule has 0 unspecified atom stereocenters. The molecule has 17 heavy (non-hydrogen) atoms. The van der Waals surface area contributed by atoms with Crippen molar-refractivity contribution in [2.45, 2.75) is 6.92 Å². The summed E-state index contributed by atoms with van der Waals surface area (Å²) in [5.74, 6) is 1.33. The quantitative estimate of drug-likeness (QED) is 0.815. The molecule has 0 amide bonds. The third-order valence-corrected chi connectivity index (χ3v) is 2.14. The summed E-state index contributed by atoms with van der Waals surface area (Å²) in [6, 6.07) is 6.84. The standard InChI is InChI=1S/C12H11N3O2/c1-8(16)9-2-4-10(5-3-9)17-11-6-14-12(13)15-7-11/h2-7H,1H3,(H2,13,14,15). The van der Waals surface area contributed by atoms with E-state index in [9.17, 15) is 4.79 Å². The molecule has 1 aromatic heterocycles. The number of nitrogens with zero attached hydrogens (tertiary/aromatic N) is 2. The number of rotatable bonds is 3. The Morgan fingerprint density at radius 3 is 2.24 bits per heavy atom. The summed E-state index contributed by atoms with van der Waals surface area (Å²) in [5, 5.41) is 0. The lowest BCUT2D eigenvalue weighted by molar-refractivity contribution is 0.101. The maximum atomic E-state index is 11.1. The molecule has 0 aliphatic carbocycles. The van der Waals surface area contributed by atoms with Gasteiger partial charge in [-0.2, -0.15) is 0 Å². The number of benzene rings is 1. The van der Waals surface area contributed by atoms with Crippen molar-refractivity contribution in [3.8, 4) is 11.5 Å². The Morgan fingerprint density at radius 2 is 1.71 bits per heavy atom. The van der Waals surface area contributed by atoms with E-state index in [-0.39, 0.29) is 11.7 Å². The van der Waals surface area contributed by atoms with E-state index in [4.69, 9.17) is 10.5 Å². The Morgan fingerprint density at radius 1 is 1.12 bits per heavy atom. The minimum atomic E-state index is 0.0207. The fourth-order valence-electron chi connectivity index (χ4n) is 1.27. The number of carbonyl (C=O) groups excluding carboxylic acids is 1. The zero-order chi connectivity index (χ0) is 12.3. The van der Waals surface area contributed by atoms with Crippen LogP contribution in [0.1, 0.15) is 17.3 Å². The monoisotopic (exact) mass is 229 g/mol. The van der Waals surface area contributed by atoms with Gasteiger partial charge in [0.15, 0.2) is 11.5 Å². The number of hydrogen-bond donors (Lipinski definition) is 1. The second-order valence-electron chi connectivity index (χ2n) is 3.46. The van der Waals surface area contributed by atoms with Gasteiger partial charge >= 0.3 is 0 Å². The number of carbonyl (C=O) groups is 1. The summed E-state index contributed by atoms with van der Waals surface area (Å²) in [6.45, 7) is 1.52. The highest BCUT2D eigenvalue weighted by molar-refractivity contribution is 5.94. The lowest BCUT2D eigenvalue weighted by atomic mass is 10.1. The number of hydrogen-bond acceptors (Lipinski definition) is 5. The summed E-state index contributed by atoms with van der Waals surface area (Å²) in [4.78, 5) is 18.7. The predicted molar refractivity (Wildman–Crippen MR) is 63.0 cm³/mol. The first-order chi connectivity index (χ1) is 8.15. The lowest BCUT2D eigenvalue weighted by Gasteiger charge is -2.05. The van der Waals surface area contributed by atoms with Gasteiger partial charge in [0.1, 0.15) is 5.75 Å². The van der Waals surface area contributed by atoms with Crippen LogP contribution in [0.15, 0.2) is 36.7 Å². The molecule has 2 N–H and O–H groups in total. The van der Waals surface area contributed by atoms with E-state index in [2.05, 4.69) is 9.97 Å². The Bertz CT molecular complexity index is 520. The van der Waals surface area contributed by atoms with E-state index < -0.39 is 0 Å². The van der Waals surface area contributed by atoms with Gasteiger partial charge in [0.25, 0.3) is 0 Å². The number of Topliss-reactive ketones (excluding diaryl/α,β-unsaturated/α-hetero) is 1. The molecular weight excluding hydrogens is 218 g/mol. The number of nitrogen functional groups attached to an aromatic ring is 1. The second kappa shape index (κ2) is 4.61. The molecule has 0 bridgehead atoms. The first-order valence-corrected chi connectivity index (χ1v) is 5.01. The van der Waals surface area contributed by atoms with Crippen LogP contribution < -0.4 is 10.5 Å². The van der Waals surface area contributed by atoms with Crippen molar-refractivity contribution in [3.05, 3.63) is 42.2 Å². The summed E-state index contributed by atoms with van der Waals surface area (Å²) in [6.07, 6.45) is 2.97. The average molecular weight is 229 g/mol. The van der Waals surface area contributed by atoms with Gasteiger partial charge in [-0.25, -0.2) is 9.97 Å². The van der Waals surface area contributed by atoms with E-state index >= 15 is 0 Å². The first-order valence-electron chi connectivity index (χ1n) is 5.01. The van der Waals surface area contributed by atoms with E-state index in [1.165, 1.54) is 19.3 Å². The normalized spacial score (nSPS) is 9.94. The highest BCUT2D eigenvalue weighted by Gasteiger charge is 2.01. The molecule has 0 fully saturated rings. The molecule has 2 rings (SSSR count). The minimum Gasteiger partial charge on any atom is -0.454 e. The Labute approximate surface area is 98.3 Å². The molecular formula is C12H11N3O2. The van der Waals surface area contributed by atoms with Crippen molar-refractivity contribution in [2.75, 3.05) is 5.73 Å². The summed E-state index contributed by atoms with van der Waals surface area (Å²) < 4.78 is 5.48. The van der Waals surface area contributed by atoms with Crippen molar-refractivity contribution in [1.29, 1.82) is 0 Å². The fraction of sp³-hybridized carbons (Fsp3) is 0.0833. The summed E-state index contributed by atoms with van der Waals surface area (Å²) in [7, 11) is 0. The first kappa shape index (κ1) is 11.1. The van der Waals surface area contributed by atoms with Crippen LogP contribution >= 0.6 is 0 Å². The number of ketones is 1. The molecule has 0 saturated carbocycles. The van der Waals surface area contributed by atoms with Crippen LogP contribution in [0.25, 0.3) is 0 Å². The van der Waals surface area contributed by atoms with Crippen molar-refractivity contribution < 1.29 is 9.53 Å². The van der Waals surface area contributed by atoms with Crippen LogP contribution in [-0.2, 0) is 0 Å². The third-order valence-electron chi connectivity index (χ3n) is 2.14. The molecule has 5 heteroatoms. The van der Waals surface area contributed by atoms with Gasteiger partial charge in [-0.05, 0) is 31.2 Å². The molecule has 0 saturated heterocycles. The van der Waals surface area contributed by atoms with E-state index in [0.29, 0.717) is 17.1 Å². The largest absolute Gasteiger partial charge is 0.454 e. The fourth-order valence-corrected chi connectivity index (χ4v) is 1.27. The molecule has 2 aromatic rings. The van der Waals surface area contributed by atoms with Crippen molar-refractivity contribution in [2.24, 2.45) is 0 Å². The molecule has 86 valence electrons. The van der Waals surface area contributed by atoms with Crippen LogP contribution in [0.5, 0.6) is 11.5 Å². The van der Waals surface area contributed by atoms with Crippen LogP contribution in [0, 0.1) is 0 Å². The van der Waals surface area contributed by atoms with Gasteiger partial charge in [-0.1, -0.05) is 0 Å². The van der Waals surface area contributed by atoms with Gasteiger partial charge in [-0.3, -0.25) is 4.79 Å². The maximum Gasteiger partial charge on any atom is 0.220 e. The van der Waals surface area contributed by atoms with E-state index in [1.807, 2.05) is 0 Å². The number of anilines is 1. The van der Waals surface area contributed by atoms with Gasteiger partial charge in [0.05, 0.1) is 12.4 Å². The van der Waals surface area contributed by atoms with Gasteiger partial charge < -0.3 is 10.5 Å². The van der Waals surface area contributed by atoms with Crippen molar-refractivity contribution in [1.82, 2.24) is 9.97 Å². The SMILES string of the molecule is CC(=O)c1ccc(Oc2cnc(N)nc2)cc1. The molecule has 0 atom stereocenters. The maximum absolute atomic E-state index is 11.1. The Balaban J connectivity index is 2.13. The molecule has 1 heterocycles. The molecule has 1 aromatic carbocycles. The zero-order valence-electron chi connectivity index (χ0n) is 9.25. The minimum absolute atomic E-state index is 0.0207. The number of ether oxygens (including phenoxy) is 1. The van der Waals surface area contributed by atoms with Crippen LogP contribution in [0.4, 0.5) is 5.95 Å². The molecule has 0 aliphatic heterocycles. The van der Waals surface area contributed by atoms with Gasteiger partial charge in [0, 0.05) is 5.56 Å². The number of aromatic nitrogens is 2. The molecule has 5 nitrogen and oxygen atoms in total. The van der Waals surface area contributed by atoms with Crippen molar-refractivity contribution in [3.63, 3.8) is 0 Å². The molecule has 0 spiro atoms. The molecule has 0 aliphatic rings. The summed E-state index contributed by atoms with van der Waals surface area (Å²) in [5.41, 5.74) is 6.00. The topological polar surface area (TPSA) is 78.1 Å². The smallest absolute Gasteiger partial charge is 0.220 e. The predicted octanol–water partition coefficient (Wildman–Crippen LogP) is 2.05. The van der Waals surface area contributed by atoms with Crippen LogP contribution in [-0.4, -0.2) is 15.8 Å².